The second kappa shape index (κ2) is 8.67. The summed E-state index contributed by atoms with van der Waals surface area (Å²) in [6.07, 6.45) is 1.27. The number of alkyl carbamates (subject to hydrolysis) is 1. The van der Waals surface area contributed by atoms with E-state index < -0.39 is 23.7 Å². The fourth-order valence-electron chi connectivity index (χ4n) is 1.84. The SMILES string of the molecule is C=CCOC(C)CC(C)C(NC(=O)OC(C)(C)C)C(=O)O. The number of nitrogens with one attached hydrogen (secondary N) is 1. The van der Waals surface area contributed by atoms with E-state index in [0.717, 1.165) is 0 Å². The molecular weight excluding hydrogens is 274 g/mol. The number of hydrogen-bond donors (Lipinski definition) is 2. The summed E-state index contributed by atoms with van der Waals surface area (Å²) in [4.78, 5) is 23.0. The first-order valence-corrected chi connectivity index (χ1v) is 7.01. The second-order valence-electron chi connectivity index (χ2n) is 6.11. The molecule has 0 saturated carbocycles. The Kier molecular flexibility index (Phi) is 8.02. The predicted octanol–water partition coefficient (Wildman–Crippen LogP) is 2.58. The van der Waals surface area contributed by atoms with Crippen LogP contribution in [0, 0.1) is 5.92 Å². The van der Waals surface area contributed by atoms with E-state index in [0.29, 0.717) is 13.0 Å². The minimum Gasteiger partial charge on any atom is -0.480 e. The maximum atomic E-state index is 11.7. The van der Waals surface area contributed by atoms with Crippen molar-refractivity contribution in [2.45, 2.75) is 58.8 Å². The molecule has 0 aromatic heterocycles. The van der Waals surface area contributed by atoms with Crippen LogP contribution in [0.4, 0.5) is 4.79 Å². The molecule has 3 unspecified atom stereocenters. The summed E-state index contributed by atoms with van der Waals surface area (Å²) >= 11 is 0. The Morgan fingerprint density at radius 3 is 2.33 bits per heavy atom. The highest BCUT2D eigenvalue weighted by Gasteiger charge is 2.29. The number of carbonyl (C=O) groups is 2. The van der Waals surface area contributed by atoms with Gasteiger partial charge in [0, 0.05) is 0 Å². The van der Waals surface area contributed by atoms with Gasteiger partial charge < -0.3 is 19.9 Å². The fourth-order valence-corrected chi connectivity index (χ4v) is 1.84. The van der Waals surface area contributed by atoms with Gasteiger partial charge in [-0.25, -0.2) is 9.59 Å². The van der Waals surface area contributed by atoms with Gasteiger partial charge in [-0.15, -0.1) is 6.58 Å². The van der Waals surface area contributed by atoms with Crippen LogP contribution in [0.2, 0.25) is 0 Å². The summed E-state index contributed by atoms with van der Waals surface area (Å²) < 4.78 is 10.5. The molecular formula is C15H27NO5. The molecule has 1 amide bonds. The van der Waals surface area contributed by atoms with E-state index in [1.54, 1.807) is 33.8 Å². The van der Waals surface area contributed by atoms with Crippen molar-refractivity contribution >= 4 is 12.1 Å². The number of carbonyl (C=O) groups excluding carboxylic acids is 1. The third kappa shape index (κ3) is 9.07. The van der Waals surface area contributed by atoms with E-state index in [4.69, 9.17) is 9.47 Å². The van der Waals surface area contributed by atoms with Crippen molar-refractivity contribution in [3.63, 3.8) is 0 Å². The maximum absolute atomic E-state index is 11.7. The minimum atomic E-state index is -1.09. The van der Waals surface area contributed by atoms with Gasteiger partial charge in [-0.3, -0.25) is 0 Å². The molecule has 6 heteroatoms. The number of rotatable bonds is 8. The number of hydrogen-bond acceptors (Lipinski definition) is 4. The molecule has 0 aromatic rings. The molecule has 0 aliphatic carbocycles. The smallest absolute Gasteiger partial charge is 0.408 e. The largest absolute Gasteiger partial charge is 0.480 e. The molecule has 2 N–H and O–H groups in total. The van der Waals surface area contributed by atoms with Gasteiger partial charge >= 0.3 is 12.1 Å². The minimum absolute atomic E-state index is 0.125. The van der Waals surface area contributed by atoms with Gasteiger partial charge in [0.15, 0.2) is 0 Å². The van der Waals surface area contributed by atoms with Gasteiger partial charge in [-0.1, -0.05) is 13.0 Å². The third-order valence-corrected chi connectivity index (χ3v) is 2.71. The van der Waals surface area contributed by atoms with Gasteiger partial charge in [-0.2, -0.15) is 0 Å². The number of carboxylic acid groups (broad SMARTS) is 1. The van der Waals surface area contributed by atoms with Gasteiger partial charge in [0.05, 0.1) is 12.7 Å². The lowest BCUT2D eigenvalue weighted by atomic mass is 9.96. The molecule has 0 spiro atoms. The van der Waals surface area contributed by atoms with E-state index >= 15 is 0 Å². The summed E-state index contributed by atoms with van der Waals surface area (Å²) in [6, 6.07) is -1.02. The highest BCUT2D eigenvalue weighted by Crippen LogP contribution is 2.15. The van der Waals surface area contributed by atoms with Crippen molar-refractivity contribution in [2.24, 2.45) is 5.92 Å². The first kappa shape index (κ1) is 19.4. The molecule has 0 fully saturated rings. The van der Waals surface area contributed by atoms with Crippen LogP contribution in [0.3, 0.4) is 0 Å². The molecule has 0 rings (SSSR count). The summed E-state index contributed by atoms with van der Waals surface area (Å²) in [6.45, 7) is 12.7. The first-order valence-electron chi connectivity index (χ1n) is 7.01. The van der Waals surface area contributed by atoms with Gasteiger partial charge in [0.25, 0.3) is 0 Å². The van der Waals surface area contributed by atoms with Crippen molar-refractivity contribution in [3.05, 3.63) is 12.7 Å². The van der Waals surface area contributed by atoms with Crippen LogP contribution in [-0.4, -0.2) is 41.5 Å². The first-order chi connectivity index (χ1) is 9.56. The van der Waals surface area contributed by atoms with E-state index in [9.17, 15) is 14.7 Å². The Bertz CT molecular complexity index is 362. The number of ether oxygens (including phenoxy) is 2. The van der Waals surface area contributed by atoms with Crippen LogP contribution in [0.25, 0.3) is 0 Å². The Hall–Kier alpha value is -1.56. The summed E-state index contributed by atoms with van der Waals surface area (Å²) in [5, 5.41) is 11.7. The molecule has 21 heavy (non-hydrogen) atoms. The highest BCUT2D eigenvalue weighted by atomic mass is 16.6. The van der Waals surface area contributed by atoms with E-state index in [1.807, 2.05) is 6.92 Å². The van der Waals surface area contributed by atoms with Crippen molar-refractivity contribution < 1.29 is 24.2 Å². The van der Waals surface area contributed by atoms with Crippen molar-refractivity contribution in [1.82, 2.24) is 5.32 Å². The average Bonchev–Trinajstić information content (AvgIpc) is 2.30. The molecule has 0 radical (unpaired) electrons. The summed E-state index contributed by atoms with van der Waals surface area (Å²) in [5.41, 5.74) is -0.670. The molecule has 0 aliphatic rings. The van der Waals surface area contributed by atoms with E-state index in [-0.39, 0.29) is 12.0 Å². The Balaban J connectivity index is 4.56. The van der Waals surface area contributed by atoms with Crippen LogP contribution in [0.5, 0.6) is 0 Å². The average molecular weight is 301 g/mol. The molecule has 0 aliphatic heterocycles. The third-order valence-electron chi connectivity index (χ3n) is 2.71. The zero-order chi connectivity index (χ0) is 16.6. The Labute approximate surface area is 126 Å². The number of amides is 1. The van der Waals surface area contributed by atoms with E-state index in [1.165, 1.54) is 0 Å². The van der Waals surface area contributed by atoms with E-state index in [2.05, 4.69) is 11.9 Å². The van der Waals surface area contributed by atoms with Gasteiger partial charge in [-0.05, 0) is 40.0 Å². The maximum Gasteiger partial charge on any atom is 0.408 e. The van der Waals surface area contributed by atoms with Crippen LogP contribution >= 0.6 is 0 Å². The Morgan fingerprint density at radius 1 is 1.33 bits per heavy atom. The number of aliphatic carboxylic acids is 1. The van der Waals surface area contributed by atoms with Crippen LogP contribution in [-0.2, 0) is 14.3 Å². The lowest BCUT2D eigenvalue weighted by Crippen LogP contribution is -2.47. The highest BCUT2D eigenvalue weighted by molar-refractivity contribution is 5.80. The molecule has 6 nitrogen and oxygen atoms in total. The summed E-state index contributed by atoms with van der Waals surface area (Å²) in [7, 11) is 0. The Morgan fingerprint density at radius 2 is 1.90 bits per heavy atom. The lowest BCUT2D eigenvalue weighted by Gasteiger charge is -2.26. The van der Waals surface area contributed by atoms with Crippen LogP contribution in [0.1, 0.15) is 41.0 Å². The van der Waals surface area contributed by atoms with Crippen LogP contribution in [0.15, 0.2) is 12.7 Å². The normalized spacial score (nSPS) is 15.7. The topological polar surface area (TPSA) is 84.9 Å². The van der Waals surface area contributed by atoms with Crippen molar-refractivity contribution in [3.8, 4) is 0 Å². The lowest BCUT2D eigenvalue weighted by molar-refractivity contribution is -0.141. The zero-order valence-electron chi connectivity index (χ0n) is 13.5. The second-order valence-corrected chi connectivity index (χ2v) is 6.11. The molecule has 0 aromatic carbocycles. The number of carboxylic acids is 1. The monoisotopic (exact) mass is 301 g/mol. The molecule has 0 bridgehead atoms. The fraction of sp³-hybridized carbons (Fsp3) is 0.733. The molecule has 0 heterocycles. The van der Waals surface area contributed by atoms with Gasteiger partial charge in [0.1, 0.15) is 11.6 Å². The van der Waals surface area contributed by atoms with Crippen molar-refractivity contribution in [1.29, 1.82) is 0 Å². The quantitative estimate of drug-likeness (QED) is 0.673. The standard InChI is InChI=1S/C15H27NO5/c1-7-8-20-11(3)9-10(2)12(13(17)18)16-14(19)21-15(4,5)6/h7,10-12H,1,8-9H2,2-6H3,(H,16,19)(H,17,18). The van der Waals surface area contributed by atoms with Gasteiger partial charge in [0.2, 0.25) is 0 Å². The molecule has 0 saturated heterocycles. The van der Waals surface area contributed by atoms with Crippen molar-refractivity contribution in [2.75, 3.05) is 6.61 Å². The molecule has 122 valence electrons. The predicted molar refractivity (Wildman–Crippen MR) is 80.2 cm³/mol. The van der Waals surface area contributed by atoms with Crippen LogP contribution < -0.4 is 5.32 Å². The summed E-state index contributed by atoms with van der Waals surface area (Å²) in [5.74, 6) is -1.39. The zero-order valence-corrected chi connectivity index (χ0v) is 13.5. The molecule has 3 atom stereocenters.